The van der Waals surface area contributed by atoms with Gasteiger partial charge in [-0.1, -0.05) is 0 Å². The third-order valence-electron chi connectivity index (χ3n) is 3.06. The van der Waals surface area contributed by atoms with Crippen LogP contribution < -0.4 is 15.3 Å². The van der Waals surface area contributed by atoms with Crippen molar-refractivity contribution in [3.63, 3.8) is 0 Å². The lowest BCUT2D eigenvalue weighted by Crippen LogP contribution is -3.14. The lowest BCUT2D eigenvalue weighted by molar-refractivity contribution is -0.897. The molecule has 0 spiro atoms. The van der Waals surface area contributed by atoms with E-state index in [0.717, 1.165) is 18.0 Å². The number of quaternary nitrogens is 1. The van der Waals surface area contributed by atoms with Gasteiger partial charge >= 0.3 is 0 Å². The van der Waals surface area contributed by atoms with Crippen LogP contribution in [0, 0.1) is 5.92 Å². The zero-order chi connectivity index (χ0) is 12.7. The number of hydrogen-bond acceptors (Lipinski definition) is 4. The van der Waals surface area contributed by atoms with E-state index < -0.39 is 5.97 Å². The van der Waals surface area contributed by atoms with Crippen molar-refractivity contribution in [3.05, 3.63) is 0 Å². The number of amides is 1. The summed E-state index contributed by atoms with van der Waals surface area (Å²) in [7, 11) is 1.59. The molecule has 17 heavy (non-hydrogen) atoms. The first-order valence-corrected chi connectivity index (χ1v) is 5.93. The lowest BCUT2D eigenvalue weighted by atomic mass is 9.97. The molecule has 98 valence electrons. The minimum absolute atomic E-state index is 0.0102. The van der Waals surface area contributed by atoms with Gasteiger partial charge < -0.3 is 24.9 Å². The standard InChI is InChI=1S/C11H20N2O4/c1-17-7-4-12-10(14)8-13-5-2-9(3-6-13)11(15)16/h9H,2-8H2,1H3,(H,12,14)(H,15,16). The molecule has 1 fully saturated rings. The van der Waals surface area contributed by atoms with Gasteiger partial charge in [0.25, 0.3) is 5.91 Å². The summed E-state index contributed by atoms with van der Waals surface area (Å²) in [5.41, 5.74) is 0. The molecule has 1 aliphatic heterocycles. The maximum atomic E-state index is 11.5. The van der Waals surface area contributed by atoms with Crippen LogP contribution in [0.3, 0.4) is 0 Å². The van der Waals surface area contributed by atoms with Gasteiger partial charge in [0.1, 0.15) is 0 Å². The summed E-state index contributed by atoms with van der Waals surface area (Å²) in [6, 6.07) is 0. The lowest BCUT2D eigenvalue weighted by Gasteiger charge is -2.29. The molecule has 0 aromatic heterocycles. The Balaban J connectivity index is 2.17. The third-order valence-corrected chi connectivity index (χ3v) is 3.06. The molecule has 2 N–H and O–H groups in total. The third kappa shape index (κ3) is 5.14. The van der Waals surface area contributed by atoms with Gasteiger partial charge in [-0.3, -0.25) is 4.79 Å². The summed E-state index contributed by atoms with van der Waals surface area (Å²) >= 11 is 0. The molecule has 1 aliphatic rings. The molecule has 0 aliphatic carbocycles. The summed E-state index contributed by atoms with van der Waals surface area (Å²) in [4.78, 5) is 23.3. The fraction of sp³-hybridized carbons (Fsp3) is 0.818. The van der Waals surface area contributed by atoms with Crippen LogP contribution in [0.5, 0.6) is 0 Å². The van der Waals surface area contributed by atoms with Crippen molar-refractivity contribution < 1.29 is 24.3 Å². The first kappa shape index (κ1) is 13.9. The number of likely N-dealkylation sites (tertiary alicyclic amines) is 1. The fourth-order valence-electron chi connectivity index (χ4n) is 2.02. The topological polar surface area (TPSA) is 82.9 Å². The Morgan fingerprint density at radius 3 is 2.59 bits per heavy atom. The van der Waals surface area contributed by atoms with Gasteiger partial charge in [-0.2, -0.15) is 0 Å². The Morgan fingerprint density at radius 2 is 2.06 bits per heavy atom. The Hall–Kier alpha value is -1.14. The van der Waals surface area contributed by atoms with Crippen molar-refractivity contribution in [3.8, 4) is 0 Å². The zero-order valence-corrected chi connectivity index (χ0v) is 10.2. The van der Waals surface area contributed by atoms with Gasteiger partial charge in [-0.05, 0) is 0 Å². The van der Waals surface area contributed by atoms with Crippen LogP contribution in [0.4, 0.5) is 0 Å². The Labute approximate surface area is 101 Å². The van der Waals surface area contributed by atoms with Crippen LogP contribution in [0.2, 0.25) is 0 Å². The number of methoxy groups -OCH3 is 1. The molecule has 6 nitrogen and oxygen atoms in total. The Bertz CT molecular complexity index is 262. The second kappa shape index (κ2) is 7.24. The molecule has 0 saturated carbocycles. The van der Waals surface area contributed by atoms with Gasteiger partial charge in [0.2, 0.25) is 0 Å². The summed E-state index contributed by atoms with van der Waals surface area (Å²) in [5.74, 6) is -1.31. The van der Waals surface area contributed by atoms with Gasteiger partial charge in [-0.15, -0.1) is 0 Å². The number of carbonyl (C=O) groups is 2. The summed E-state index contributed by atoms with van der Waals surface area (Å²) in [6.45, 7) is 2.87. The molecule has 0 unspecified atom stereocenters. The van der Waals surface area contributed by atoms with E-state index >= 15 is 0 Å². The van der Waals surface area contributed by atoms with E-state index in [0.29, 0.717) is 32.5 Å². The van der Waals surface area contributed by atoms with E-state index in [2.05, 4.69) is 5.32 Å². The van der Waals surface area contributed by atoms with Crippen molar-refractivity contribution in [1.29, 1.82) is 0 Å². The van der Waals surface area contributed by atoms with Crippen LogP contribution in [-0.2, 0) is 14.3 Å². The van der Waals surface area contributed by atoms with Crippen molar-refractivity contribution in [2.75, 3.05) is 39.9 Å². The minimum Gasteiger partial charge on any atom is -0.550 e. The molecule has 1 saturated heterocycles. The highest BCUT2D eigenvalue weighted by molar-refractivity contribution is 5.76. The highest BCUT2D eigenvalue weighted by atomic mass is 16.5. The second-order valence-corrected chi connectivity index (χ2v) is 4.36. The summed E-state index contributed by atoms with van der Waals surface area (Å²) < 4.78 is 4.83. The van der Waals surface area contributed by atoms with E-state index in [-0.39, 0.29) is 11.8 Å². The van der Waals surface area contributed by atoms with Crippen molar-refractivity contribution >= 4 is 11.9 Å². The quantitative estimate of drug-likeness (QED) is 0.482. The first-order valence-electron chi connectivity index (χ1n) is 5.93. The van der Waals surface area contributed by atoms with E-state index in [9.17, 15) is 14.7 Å². The zero-order valence-electron chi connectivity index (χ0n) is 10.2. The van der Waals surface area contributed by atoms with Crippen molar-refractivity contribution in [1.82, 2.24) is 5.32 Å². The van der Waals surface area contributed by atoms with Crippen molar-refractivity contribution in [2.45, 2.75) is 12.8 Å². The summed E-state index contributed by atoms with van der Waals surface area (Å²) in [5, 5.41) is 13.4. The van der Waals surface area contributed by atoms with E-state index in [1.807, 2.05) is 0 Å². The molecule has 1 amide bonds. The van der Waals surface area contributed by atoms with E-state index in [1.165, 1.54) is 0 Å². The van der Waals surface area contributed by atoms with Crippen LogP contribution in [-0.4, -0.2) is 51.8 Å². The Kier molecular flexibility index (Phi) is 5.93. The molecule has 0 bridgehead atoms. The van der Waals surface area contributed by atoms with Crippen molar-refractivity contribution in [2.24, 2.45) is 5.92 Å². The summed E-state index contributed by atoms with van der Waals surface area (Å²) in [6.07, 6.45) is 1.20. The molecule has 6 heteroatoms. The average Bonchev–Trinajstić information content (AvgIpc) is 2.30. The average molecular weight is 244 g/mol. The number of hydrogen-bond donors (Lipinski definition) is 2. The fourth-order valence-corrected chi connectivity index (χ4v) is 2.02. The number of carboxylic acid groups (broad SMARTS) is 1. The van der Waals surface area contributed by atoms with Gasteiger partial charge in [0, 0.05) is 38.4 Å². The van der Waals surface area contributed by atoms with Gasteiger partial charge in [0.05, 0.1) is 19.7 Å². The monoisotopic (exact) mass is 244 g/mol. The van der Waals surface area contributed by atoms with Gasteiger partial charge in [0.15, 0.2) is 6.54 Å². The molecule has 0 atom stereocenters. The molecule has 1 rings (SSSR count). The molecule has 1 heterocycles. The SMILES string of the molecule is COCCNC(=O)C[NH+]1CCC(C(=O)[O-])CC1. The maximum absolute atomic E-state index is 11.5. The largest absolute Gasteiger partial charge is 0.550 e. The van der Waals surface area contributed by atoms with E-state index in [1.54, 1.807) is 7.11 Å². The second-order valence-electron chi connectivity index (χ2n) is 4.36. The predicted molar refractivity (Wildman–Crippen MR) is 58.2 cm³/mol. The number of carboxylic acids is 1. The van der Waals surface area contributed by atoms with Crippen LogP contribution in [0.1, 0.15) is 12.8 Å². The molecular formula is C11H20N2O4. The molecule has 0 radical (unpaired) electrons. The van der Waals surface area contributed by atoms with Gasteiger partial charge in [-0.25, -0.2) is 0 Å². The molecular weight excluding hydrogens is 224 g/mol. The normalized spacial score (nSPS) is 24.3. The number of ether oxygens (including phenoxy) is 1. The van der Waals surface area contributed by atoms with Crippen LogP contribution in [0.25, 0.3) is 0 Å². The molecule has 0 aromatic rings. The minimum atomic E-state index is -0.964. The number of carbonyl (C=O) groups excluding carboxylic acids is 2. The number of piperidine rings is 1. The Morgan fingerprint density at radius 1 is 1.41 bits per heavy atom. The highest BCUT2D eigenvalue weighted by Crippen LogP contribution is 2.07. The smallest absolute Gasteiger partial charge is 0.275 e. The van der Waals surface area contributed by atoms with Crippen LogP contribution in [0.15, 0.2) is 0 Å². The van der Waals surface area contributed by atoms with E-state index in [4.69, 9.17) is 4.74 Å². The first-order chi connectivity index (χ1) is 8.13. The molecule has 0 aromatic carbocycles. The number of nitrogens with one attached hydrogen (secondary N) is 2. The number of aliphatic carboxylic acids is 1. The predicted octanol–water partition coefficient (Wildman–Crippen LogP) is -3.21. The van der Waals surface area contributed by atoms with Crippen LogP contribution >= 0.6 is 0 Å². The maximum Gasteiger partial charge on any atom is 0.275 e. The highest BCUT2D eigenvalue weighted by Gasteiger charge is 2.24. The number of rotatable bonds is 6.